The average Bonchev–Trinajstić information content (AvgIpc) is 2.36. The fraction of sp³-hybridized carbons (Fsp3) is 0.0769. The summed E-state index contributed by atoms with van der Waals surface area (Å²) in [5.74, 6) is 0. The minimum atomic E-state index is -2.62. The number of nitrogens with two attached hydrogens (primary N) is 1. The lowest BCUT2D eigenvalue weighted by atomic mass is 10.1. The first-order valence-electron chi connectivity index (χ1n) is 5.37. The molecule has 2 aromatic carbocycles. The van der Waals surface area contributed by atoms with Gasteiger partial charge in [0.15, 0.2) is 0 Å². The van der Waals surface area contributed by atoms with Crippen molar-refractivity contribution in [1.82, 2.24) is 0 Å². The molecule has 3 N–H and O–H groups in total. The summed E-state index contributed by atoms with van der Waals surface area (Å²) in [4.78, 5) is 0. The Hall–Kier alpha value is -1.52. The van der Waals surface area contributed by atoms with Gasteiger partial charge in [-0.25, -0.2) is 8.78 Å². The molecule has 0 aromatic heterocycles. The predicted octanol–water partition coefficient (Wildman–Crippen LogP) is 5.26. The van der Waals surface area contributed by atoms with E-state index in [0.717, 1.165) is 0 Å². The van der Waals surface area contributed by atoms with Crippen LogP contribution < -0.4 is 11.1 Å². The van der Waals surface area contributed by atoms with Gasteiger partial charge in [-0.05, 0) is 36.4 Å². The van der Waals surface area contributed by atoms with Crippen molar-refractivity contribution in [2.24, 2.45) is 0 Å². The topological polar surface area (TPSA) is 38.0 Å². The highest BCUT2D eigenvalue weighted by Crippen LogP contribution is 2.32. The summed E-state index contributed by atoms with van der Waals surface area (Å²) < 4.78 is 25.8. The van der Waals surface area contributed by atoms with Gasteiger partial charge in [-0.1, -0.05) is 23.2 Å². The maximum absolute atomic E-state index is 12.9. The van der Waals surface area contributed by atoms with Crippen molar-refractivity contribution in [3.8, 4) is 0 Å². The number of halogens is 4. The van der Waals surface area contributed by atoms with Crippen LogP contribution in [0.2, 0.25) is 10.0 Å². The van der Waals surface area contributed by atoms with Crippen molar-refractivity contribution in [2.75, 3.05) is 11.1 Å². The summed E-state index contributed by atoms with van der Waals surface area (Å²) >= 11 is 11.7. The molecule has 0 bridgehead atoms. The molecule has 0 aliphatic heterocycles. The Kier molecular flexibility index (Phi) is 4.12. The van der Waals surface area contributed by atoms with Gasteiger partial charge in [0.1, 0.15) is 0 Å². The molecule has 0 unspecified atom stereocenters. The second kappa shape index (κ2) is 5.63. The first kappa shape index (κ1) is 13.9. The number of hydrogen-bond donors (Lipinski definition) is 2. The molecular weight excluding hydrogens is 293 g/mol. The quantitative estimate of drug-likeness (QED) is 0.759. The fourth-order valence-electron chi connectivity index (χ4n) is 1.60. The molecule has 0 spiro atoms. The molecule has 2 nitrogen and oxygen atoms in total. The van der Waals surface area contributed by atoms with Crippen LogP contribution in [0.1, 0.15) is 12.0 Å². The molecule has 0 amide bonds. The average molecular weight is 303 g/mol. The van der Waals surface area contributed by atoms with E-state index in [1.165, 1.54) is 12.1 Å². The molecule has 100 valence electrons. The summed E-state index contributed by atoms with van der Waals surface area (Å²) in [7, 11) is 0. The third-order valence-electron chi connectivity index (χ3n) is 2.51. The monoisotopic (exact) mass is 302 g/mol. The Bertz CT molecular complexity index is 603. The predicted molar refractivity (Wildman–Crippen MR) is 75.6 cm³/mol. The van der Waals surface area contributed by atoms with Gasteiger partial charge >= 0.3 is 0 Å². The largest absolute Gasteiger partial charge is 0.399 e. The number of rotatable bonds is 3. The van der Waals surface area contributed by atoms with Gasteiger partial charge in [-0.2, -0.15) is 0 Å². The minimum absolute atomic E-state index is 0.161. The Morgan fingerprint density at radius 1 is 1.00 bits per heavy atom. The highest BCUT2D eigenvalue weighted by Gasteiger charge is 2.13. The number of alkyl halides is 2. The minimum Gasteiger partial charge on any atom is -0.399 e. The van der Waals surface area contributed by atoms with Gasteiger partial charge in [0.2, 0.25) is 0 Å². The fourth-order valence-corrected chi connectivity index (χ4v) is 1.90. The standard InChI is InChI=1S/C13H10Cl2F2N2/c14-10-3-2-8(6-11(10)15)19-12-4-1-7(18)5-9(12)13(16)17/h1-6,13,19H,18H2. The van der Waals surface area contributed by atoms with Crippen molar-refractivity contribution in [2.45, 2.75) is 6.43 Å². The van der Waals surface area contributed by atoms with E-state index in [2.05, 4.69) is 5.32 Å². The third kappa shape index (κ3) is 3.28. The van der Waals surface area contributed by atoms with E-state index in [9.17, 15) is 8.78 Å². The molecule has 0 fully saturated rings. The Morgan fingerprint density at radius 2 is 1.74 bits per heavy atom. The lowest BCUT2D eigenvalue weighted by Gasteiger charge is -2.13. The molecule has 0 saturated heterocycles. The molecule has 2 rings (SSSR count). The molecule has 19 heavy (non-hydrogen) atoms. The zero-order valence-electron chi connectivity index (χ0n) is 9.63. The molecule has 0 saturated carbocycles. The zero-order valence-corrected chi connectivity index (χ0v) is 11.1. The maximum atomic E-state index is 12.9. The zero-order chi connectivity index (χ0) is 14.0. The Balaban J connectivity index is 2.35. The SMILES string of the molecule is Nc1ccc(Nc2ccc(Cl)c(Cl)c2)c(C(F)F)c1. The summed E-state index contributed by atoms with van der Waals surface area (Å²) in [5, 5.41) is 3.62. The number of hydrogen-bond acceptors (Lipinski definition) is 2. The van der Waals surface area contributed by atoms with Crippen LogP contribution in [0.3, 0.4) is 0 Å². The van der Waals surface area contributed by atoms with Crippen molar-refractivity contribution >= 4 is 40.3 Å². The molecule has 0 radical (unpaired) electrons. The van der Waals surface area contributed by atoms with Crippen LogP contribution >= 0.6 is 23.2 Å². The van der Waals surface area contributed by atoms with E-state index >= 15 is 0 Å². The van der Waals surface area contributed by atoms with Crippen LogP contribution in [0.4, 0.5) is 25.8 Å². The number of nitrogens with one attached hydrogen (secondary N) is 1. The molecule has 2 aromatic rings. The highest BCUT2D eigenvalue weighted by atomic mass is 35.5. The van der Waals surface area contributed by atoms with Crippen molar-refractivity contribution in [3.05, 3.63) is 52.0 Å². The van der Waals surface area contributed by atoms with E-state index in [4.69, 9.17) is 28.9 Å². The number of nitrogen functional groups attached to an aromatic ring is 1. The van der Waals surface area contributed by atoms with Crippen molar-refractivity contribution in [3.63, 3.8) is 0 Å². The Morgan fingerprint density at radius 3 is 2.37 bits per heavy atom. The third-order valence-corrected chi connectivity index (χ3v) is 3.25. The summed E-state index contributed by atoms with van der Waals surface area (Å²) in [5.41, 5.74) is 6.48. The van der Waals surface area contributed by atoms with Gasteiger partial charge < -0.3 is 11.1 Å². The van der Waals surface area contributed by atoms with Crippen molar-refractivity contribution in [1.29, 1.82) is 0 Å². The summed E-state index contributed by atoms with van der Waals surface area (Å²) in [6.07, 6.45) is -2.62. The number of anilines is 3. The highest BCUT2D eigenvalue weighted by molar-refractivity contribution is 6.42. The Labute approximate surface area is 119 Å². The van der Waals surface area contributed by atoms with Crippen molar-refractivity contribution < 1.29 is 8.78 Å². The lowest BCUT2D eigenvalue weighted by molar-refractivity contribution is 0.152. The van der Waals surface area contributed by atoms with Crippen LogP contribution in [0.25, 0.3) is 0 Å². The van der Waals surface area contributed by atoms with E-state index < -0.39 is 6.43 Å². The van der Waals surface area contributed by atoms with Gasteiger partial charge in [0.25, 0.3) is 6.43 Å². The second-order valence-electron chi connectivity index (χ2n) is 3.90. The van der Waals surface area contributed by atoms with E-state index in [0.29, 0.717) is 15.7 Å². The van der Waals surface area contributed by atoms with E-state index in [1.807, 2.05) is 0 Å². The lowest BCUT2D eigenvalue weighted by Crippen LogP contribution is -1.98. The van der Waals surface area contributed by atoms with Crippen LogP contribution in [0, 0.1) is 0 Å². The smallest absolute Gasteiger partial charge is 0.265 e. The van der Waals surface area contributed by atoms with Gasteiger partial charge in [-0.15, -0.1) is 0 Å². The molecular formula is C13H10Cl2F2N2. The van der Waals surface area contributed by atoms with E-state index in [-0.39, 0.29) is 16.9 Å². The van der Waals surface area contributed by atoms with Crippen LogP contribution in [-0.4, -0.2) is 0 Å². The molecule has 0 heterocycles. The molecule has 0 aliphatic carbocycles. The maximum Gasteiger partial charge on any atom is 0.265 e. The number of benzene rings is 2. The molecule has 0 atom stereocenters. The van der Waals surface area contributed by atoms with Crippen LogP contribution in [0.15, 0.2) is 36.4 Å². The first-order valence-corrected chi connectivity index (χ1v) is 6.12. The first-order chi connectivity index (χ1) is 8.97. The normalized spacial score (nSPS) is 10.8. The van der Waals surface area contributed by atoms with Gasteiger partial charge in [0, 0.05) is 22.6 Å². The summed E-state index contributed by atoms with van der Waals surface area (Å²) in [6.45, 7) is 0. The van der Waals surface area contributed by atoms with E-state index in [1.54, 1.807) is 24.3 Å². The van der Waals surface area contributed by atoms with Gasteiger partial charge in [0.05, 0.1) is 10.0 Å². The molecule has 0 aliphatic rings. The van der Waals surface area contributed by atoms with Crippen LogP contribution in [0.5, 0.6) is 0 Å². The van der Waals surface area contributed by atoms with Gasteiger partial charge in [-0.3, -0.25) is 0 Å². The molecule has 6 heteroatoms. The summed E-state index contributed by atoms with van der Waals surface area (Å²) in [6, 6.07) is 9.09. The van der Waals surface area contributed by atoms with Crippen LogP contribution in [-0.2, 0) is 0 Å². The second-order valence-corrected chi connectivity index (χ2v) is 4.72.